The van der Waals surface area contributed by atoms with Crippen molar-refractivity contribution < 1.29 is 12.8 Å². The van der Waals surface area contributed by atoms with Crippen LogP contribution in [0.1, 0.15) is 31.2 Å². The summed E-state index contributed by atoms with van der Waals surface area (Å²) in [5.41, 5.74) is -0.117. The minimum atomic E-state index is -3.78. The third-order valence-corrected chi connectivity index (χ3v) is 6.03. The molecule has 0 fully saturated rings. The normalized spacial score (nSPS) is 16.7. The third-order valence-electron chi connectivity index (χ3n) is 2.51. The summed E-state index contributed by atoms with van der Waals surface area (Å²) in [5, 5.41) is 3.05. The van der Waals surface area contributed by atoms with E-state index < -0.39 is 21.4 Å². The molecule has 0 saturated carbocycles. The molecule has 0 atom stereocenters. The molecule has 0 aromatic carbocycles. The fourth-order valence-electron chi connectivity index (χ4n) is 1.88. The lowest BCUT2D eigenvalue weighted by atomic mass is 10.1. The molecule has 1 aliphatic rings. The van der Waals surface area contributed by atoms with Crippen LogP contribution in [0.15, 0.2) is 4.21 Å². The number of halogens is 1. The van der Waals surface area contributed by atoms with Crippen molar-refractivity contribution in [1.82, 2.24) is 10.0 Å². The van der Waals surface area contributed by atoms with Gasteiger partial charge in [0.25, 0.3) is 10.0 Å². The lowest BCUT2D eigenvalue weighted by molar-refractivity contribution is 0.487. The predicted octanol–water partition coefficient (Wildman–Crippen LogP) is 1.61. The molecule has 0 saturated heterocycles. The highest BCUT2D eigenvalue weighted by Gasteiger charge is 2.31. The minimum Gasteiger partial charge on any atom is -0.312 e. The topological polar surface area (TPSA) is 58.2 Å². The van der Waals surface area contributed by atoms with Gasteiger partial charge in [0.15, 0.2) is 10.0 Å². The van der Waals surface area contributed by atoms with Crippen molar-refractivity contribution in [2.24, 2.45) is 0 Å². The van der Waals surface area contributed by atoms with Crippen molar-refractivity contribution in [3.63, 3.8) is 0 Å². The van der Waals surface area contributed by atoms with Crippen LogP contribution in [0.4, 0.5) is 4.39 Å². The summed E-state index contributed by atoms with van der Waals surface area (Å²) in [5.74, 6) is -0.598. The molecule has 0 unspecified atom stereocenters. The van der Waals surface area contributed by atoms with Gasteiger partial charge in [0.05, 0.1) is 0 Å². The third kappa shape index (κ3) is 2.74. The summed E-state index contributed by atoms with van der Waals surface area (Å²) >= 11 is 1.04. The molecule has 0 spiro atoms. The summed E-state index contributed by atoms with van der Waals surface area (Å²) < 4.78 is 40.7. The zero-order valence-electron chi connectivity index (χ0n) is 10.6. The van der Waals surface area contributed by atoms with Gasteiger partial charge in [-0.3, -0.25) is 0 Å². The molecule has 2 rings (SSSR count). The highest BCUT2D eigenvalue weighted by Crippen LogP contribution is 2.33. The largest absolute Gasteiger partial charge is 0.312 e. The van der Waals surface area contributed by atoms with Crippen LogP contribution in [0.5, 0.6) is 0 Å². The van der Waals surface area contributed by atoms with Crippen LogP contribution in [-0.4, -0.2) is 20.5 Å². The van der Waals surface area contributed by atoms with Gasteiger partial charge >= 0.3 is 0 Å². The molecule has 0 aliphatic carbocycles. The number of thiophene rings is 1. The van der Waals surface area contributed by atoms with Crippen molar-refractivity contribution in [2.75, 3.05) is 6.54 Å². The van der Waals surface area contributed by atoms with Crippen LogP contribution in [0.2, 0.25) is 0 Å². The SMILES string of the molecule is CC(C)(C)NS(=O)(=O)c1sc2c(c1F)CNCC2. The van der Waals surface area contributed by atoms with Crippen LogP contribution in [-0.2, 0) is 23.0 Å². The molecule has 4 nitrogen and oxygen atoms in total. The predicted molar refractivity (Wildman–Crippen MR) is 69.8 cm³/mol. The number of nitrogens with one attached hydrogen (secondary N) is 2. The minimum absolute atomic E-state index is 0.189. The number of hydrogen-bond acceptors (Lipinski definition) is 4. The van der Waals surface area contributed by atoms with Gasteiger partial charge in [0.1, 0.15) is 0 Å². The van der Waals surface area contributed by atoms with E-state index in [-0.39, 0.29) is 4.21 Å². The summed E-state index contributed by atoms with van der Waals surface area (Å²) in [7, 11) is -3.78. The maximum absolute atomic E-state index is 14.1. The Morgan fingerprint density at radius 3 is 2.61 bits per heavy atom. The van der Waals surface area contributed by atoms with E-state index in [0.29, 0.717) is 18.5 Å². The quantitative estimate of drug-likeness (QED) is 0.870. The van der Waals surface area contributed by atoms with Gasteiger partial charge in [-0.25, -0.2) is 17.5 Å². The maximum Gasteiger partial charge on any atom is 0.253 e. The number of fused-ring (bicyclic) bond motifs is 1. The lowest BCUT2D eigenvalue weighted by Crippen LogP contribution is -2.40. The summed E-state index contributed by atoms with van der Waals surface area (Å²) in [6, 6.07) is 0. The molecule has 0 amide bonds. The van der Waals surface area contributed by atoms with Gasteiger partial charge in [-0.05, 0) is 27.2 Å². The van der Waals surface area contributed by atoms with E-state index in [1.54, 1.807) is 20.8 Å². The Morgan fingerprint density at radius 2 is 2.06 bits per heavy atom. The Hall–Kier alpha value is -0.500. The van der Waals surface area contributed by atoms with Crippen molar-refractivity contribution in [1.29, 1.82) is 0 Å². The first-order valence-electron chi connectivity index (χ1n) is 5.75. The van der Waals surface area contributed by atoms with Gasteiger partial charge in [-0.15, -0.1) is 11.3 Å². The number of sulfonamides is 1. The standard InChI is InChI=1S/C11H17FN2O2S2/c1-11(2,3)14-18(15,16)10-9(12)7-6-13-5-4-8(7)17-10/h13-14H,4-6H2,1-3H3. The monoisotopic (exact) mass is 292 g/mol. The van der Waals surface area contributed by atoms with Gasteiger partial charge in [-0.2, -0.15) is 0 Å². The fraction of sp³-hybridized carbons (Fsp3) is 0.636. The molecule has 1 aromatic rings. The van der Waals surface area contributed by atoms with E-state index in [4.69, 9.17) is 0 Å². The summed E-state index contributed by atoms with van der Waals surface area (Å²) in [4.78, 5) is 0.834. The Kier molecular flexibility index (Phi) is 3.52. The molecule has 0 radical (unpaired) electrons. The van der Waals surface area contributed by atoms with Crippen LogP contribution < -0.4 is 10.0 Å². The second kappa shape index (κ2) is 4.56. The molecule has 18 heavy (non-hydrogen) atoms. The van der Waals surface area contributed by atoms with E-state index in [1.807, 2.05) is 0 Å². The second-order valence-electron chi connectivity index (χ2n) is 5.39. The van der Waals surface area contributed by atoms with Crippen LogP contribution in [0.25, 0.3) is 0 Å². The van der Waals surface area contributed by atoms with E-state index in [0.717, 1.165) is 22.8 Å². The maximum atomic E-state index is 14.1. The molecule has 0 bridgehead atoms. The van der Waals surface area contributed by atoms with Crippen molar-refractivity contribution >= 4 is 21.4 Å². The van der Waals surface area contributed by atoms with E-state index in [1.165, 1.54) is 0 Å². The average Bonchev–Trinajstić information content (AvgIpc) is 2.54. The zero-order chi connectivity index (χ0) is 13.6. The molecular formula is C11H17FN2O2S2. The van der Waals surface area contributed by atoms with Gasteiger partial charge in [0, 0.05) is 29.1 Å². The first-order chi connectivity index (χ1) is 8.21. The summed E-state index contributed by atoms with van der Waals surface area (Å²) in [6.07, 6.45) is 0.682. The van der Waals surface area contributed by atoms with Crippen molar-refractivity contribution in [3.05, 3.63) is 16.3 Å². The first-order valence-corrected chi connectivity index (χ1v) is 8.05. The number of hydrogen-bond donors (Lipinski definition) is 2. The highest BCUT2D eigenvalue weighted by molar-refractivity contribution is 7.91. The smallest absolute Gasteiger partial charge is 0.253 e. The fourth-order valence-corrected chi connectivity index (χ4v) is 4.93. The number of rotatable bonds is 2. The molecule has 1 aliphatic heterocycles. The summed E-state index contributed by atoms with van der Waals surface area (Å²) in [6.45, 7) is 6.37. The lowest BCUT2D eigenvalue weighted by Gasteiger charge is -2.19. The van der Waals surface area contributed by atoms with E-state index >= 15 is 0 Å². The molecular weight excluding hydrogens is 275 g/mol. The van der Waals surface area contributed by atoms with E-state index in [2.05, 4.69) is 10.0 Å². The van der Waals surface area contributed by atoms with Crippen molar-refractivity contribution in [2.45, 2.75) is 43.5 Å². The van der Waals surface area contributed by atoms with Gasteiger partial charge < -0.3 is 5.32 Å². The highest BCUT2D eigenvalue weighted by atomic mass is 32.2. The zero-order valence-corrected chi connectivity index (χ0v) is 12.3. The van der Waals surface area contributed by atoms with Crippen LogP contribution in [0, 0.1) is 5.82 Å². The van der Waals surface area contributed by atoms with Crippen LogP contribution >= 0.6 is 11.3 Å². The Balaban J connectivity index is 2.43. The van der Waals surface area contributed by atoms with E-state index in [9.17, 15) is 12.8 Å². The van der Waals surface area contributed by atoms with Crippen molar-refractivity contribution in [3.8, 4) is 0 Å². The Morgan fingerprint density at radius 1 is 1.39 bits per heavy atom. The van der Waals surface area contributed by atoms with Gasteiger partial charge in [0.2, 0.25) is 0 Å². The molecule has 7 heteroatoms. The first kappa shape index (κ1) is 13.9. The molecule has 2 N–H and O–H groups in total. The Labute approximate surface area is 111 Å². The van der Waals surface area contributed by atoms with Gasteiger partial charge in [-0.1, -0.05) is 0 Å². The Bertz CT molecular complexity index is 558. The molecule has 2 heterocycles. The molecule has 1 aromatic heterocycles. The molecule has 102 valence electrons. The average molecular weight is 292 g/mol. The second-order valence-corrected chi connectivity index (χ2v) is 8.37. The van der Waals surface area contributed by atoms with Crippen LogP contribution in [0.3, 0.4) is 0 Å².